The van der Waals surface area contributed by atoms with Crippen molar-refractivity contribution in [1.82, 2.24) is 0 Å². The van der Waals surface area contributed by atoms with Crippen LogP contribution in [0.3, 0.4) is 0 Å². The zero-order chi connectivity index (χ0) is 10.1. The molecule has 0 aliphatic carbocycles. The van der Waals surface area contributed by atoms with Gasteiger partial charge in [0.05, 0.1) is 6.61 Å². The molecule has 1 aliphatic rings. The normalized spacial score (nSPS) is 19.1. The van der Waals surface area contributed by atoms with E-state index in [1.54, 1.807) is 0 Å². The van der Waals surface area contributed by atoms with E-state index >= 15 is 0 Å². The standard InChI is InChI=1S/C13H11O2/c1-2-6-12-10(4-1)5-3-7-13(12)15-9-11-8-14-11/h1-3,5-7,11H,8-9H2. The molecule has 75 valence electrons. The average Bonchev–Trinajstić information content (AvgIpc) is 3.10. The summed E-state index contributed by atoms with van der Waals surface area (Å²) in [6.45, 7) is 1.48. The average molecular weight is 199 g/mol. The summed E-state index contributed by atoms with van der Waals surface area (Å²) in [7, 11) is 0. The zero-order valence-corrected chi connectivity index (χ0v) is 8.27. The molecule has 0 N–H and O–H groups in total. The Balaban J connectivity index is 1.93. The Morgan fingerprint density at radius 1 is 1.33 bits per heavy atom. The molecule has 0 saturated carbocycles. The van der Waals surface area contributed by atoms with Crippen molar-refractivity contribution >= 4 is 10.8 Å². The summed E-state index contributed by atoms with van der Waals surface area (Å²) in [4.78, 5) is 0. The van der Waals surface area contributed by atoms with Crippen LogP contribution in [0, 0.1) is 6.07 Å². The van der Waals surface area contributed by atoms with E-state index in [9.17, 15) is 0 Å². The lowest BCUT2D eigenvalue weighted by atomic mass is 10.1. The molecule has 1 fully saturated rings. The fraction of sp³-hybridized carbons (Fsp3) is 0.231. The van der Waals surface area contributed by atoms with Gasteiger partial charge in [-0.1, -0.05) is 30.3 Å². The number of hydrogen-bond acceptors (Lipinski definition) is 2. The maximum absolute atomic E-state index is 5.70. The predicted octanol–water partition coefficient (Wildman–Crippen LogP) is 2.42. The van der Waals surface area contributed by atoms with Crippen molar-refractivity contribution < 1.29 is 9.47 Å². The lowest BCUT2D eigenvalue weighted by Gasteiger charge is -2.07. The van der Waals surface area contributed by atoms with Crippen molar-refractivity contribution in [1.29, 1.82) is 0 Å². The Morgan fingerprint density at radius 2 is 2.27 bits per heavy atom. The van der Waals surface area contributed by atoms with Crippen LogP contribution in [0.2, 0.25) is 0 Å². The minimum atomic E-state index is 0.299. The molecule has 1 saturated heterocycles. The molecule has 1 heterocycles. The maximum Gasteiger partial charge on any atom is 0.127 e. The molecule has 3 rings (SSSR count). The van der Waals surface area contributed by atoms with Gasteiger partial charge in [-0.15, -0.1) is 0 Å². The van der Waals surface area contributed by atoms with Gasteiger partial charge in [0.1, 0.15) is 18.5 Å². The van der Waals surface area contributed by atoms with Crippen LogP contribution in [0.25, 0.3) is 10.8 Å². The molecule has 1 aliphatic heterocycles. The van der Waals surface area contributed by atoms with Crippen LogP contribution in [-0.2, 0) is 4.74 Å². The van der Waals surface area contributed by atoms with Gasteiger partial charge in [-0.2, -0.15) is 0 Å². The van der Waals surface area contributed by atoms with Gasteiger partial charge in [0.2, 0.25) is 0 Å². The summed E-state index contributed by atoms with van der Waals surface area (Å²) in [6.07, 6.45) is 0.299. The summed E-state index contributed by atoms with van der Waals surface area (Å²) in [5.74, 6) is 0.917. The molecule has 2 aromatic rings. The quantitative estimate of drug-likeness (QED) is 0.708. The second kappa shape index (κ2) is 3.55. The van der Waals surface area contributed by atoms with Crippen LogP contribution in [0.5, 0.6) is 5.75 Å². The van der Waals surface area contributed by atoms with Gasteiger partial charge in [-0.25, -0.2) is 0 Å². The van der Waals surface area contributed by atoms with E-state index in [2.05, 4.69) is 12.1 Å². The van der Waals surface area contributed by atoms with Crippen molar-refractivity contribution in [2.24, 2.45) is 0 Å². The highest BCUT2D eigenvalue weighted by Gasteiger charge is 2.23. The highest BCUT2D eigenvalue weighted by molar-refractivity contribution is 5.87. The number of rotatable bonds is 3. The maximum atomic E-state index is 5.70. The summed E-state index contributed by atoms with van der Waals surface area (Å²) in [5, 5.41) is 2.20. The van der Waals surface area contributed by atoms with E-state index in [1.165, 1.54) is 0 Å². The third kappa shape index (κ3) is 1.81. The first kappa shape index (κ1) is 8.74. The molecule has 1 unspecified atom stereocenters. The number of benzene rings is 2. The first-order valence-corrected chi connectivity index (χ1v) is 5.07. The van der Waals surface area contributed by atoms with Crippen LogP contribution >= 0.6 is 0 Å². The highest BCUT2D eigenvalue weighted by atomic mass is 16.6. The second-order valence-corrected chi connectivity index (χ2v) is 3.65. The molecule has 1 radical (unpaired) electrons. The molecule has 15 heavy (non-hydrogen) atoms. The smallest absolute Gasteiger partial charge is 0.127 e. The monoisotopic (exact) mass is 199 g/mol. The lowest BCUT2D eigenvalue weighted by Crippen LogP contribution is -2.04. The van der Waals surface area contributed by atoms with Crippen molar-refractivity contribution in [3.8, 4) is 5.75 Å². The van der Waals surface area contributed by atoms with E-state index in [4.69, 9.17) is 9.47 Å². The Bertz CT molecular complexity index is 469. The van der Waals surface area contributed by atoms with Gasteiger partial charge in [0.25, 0.3) is 0 Å². The van der Waals surface area contributed by atoms with Crippen molar-refractivity contribution in [3.63, 3.8) is 0 Å². The van der Waals surface area contributed by atoms with Crippen molar-refractivity contribution in [3.05, 3.63) is 42.5 Å². The second-order valence-electron chi connectivity index (χ2n) is 3.65. The van der Waals surface area contributed by atoms with Crippen LogP contribution < -0.4 is 4.74 Å². The molecular weight excluding hydrogens is 188 g/mol. The van der Waals surface area contributed by atoms with Gasteiger partial charge in [0.15, 0.2) is 0 Å². The summed E-state index contributed by atoms with van der Waals surface area (Å²) < 4.78 is 10.8. The summed E-state index contributed by atoms with van der Waals surface area (Å²) in [6, 6.07) is 15.1. The Labute approximate surface area is 88.4 Å². The molecule has 2 aromatic carbocycles. The SMILES string of the molecule is [c]1cccc2c(OCC3CO3)cccc12. The van der Waals surface area contributed by atoms with E-state index in [0.717, 1.165) is 23.1 Å². The topological polar surface area (TPSA) is 21.8 Å². The van der Waals surface area contributed by atoms with Crippen LogP contribution in [0.4, 0.5) is 0 Å². The van der Waals surface area contributed by atoms with Crippen molar-refractivity contribution in [2.45, 2.75) is 6.10 Å². The summed E-state index contributed by atoms with van der Waals surface area (Å²) in [5.41, 5.74) is 0. The molecule has 0 amide bonds. The number of ether oxygens (including phenoxy) is 2. The molecule has 0 bridgehead atoms. The zero-order valence-electron chi connectivity index (χ0n) is 8.27. The highest BCUT2D eigenvalue weighted by Crippen LogP contribution is 2.25. The molecule has 2 nitrogen and oxygen atoms in total. The van der Waals surface area contributed by atoms with E-state index in [0.29, 0.717) is 12.7 Å². The van der Waals surface area contributed by atoms with Crippen molar-refractivity contribution in [2.75, 3.05) is 13.2 Å². The van der Waals surface area contributed by atoms with Crippen LogP contribution in [-0.4, -0.2) is 19.3 Å². The molecule has 2 heteroatoms. The fourth-order valence-corrected chi connectivity index (χ4v) is 1.60. The first-order valence-electron chi connectivity index (χ1n) is 5.07. The number of epoxide rings is 1. The van der Waals surface area contributed by atoms with Gasteiger partial charge >= 0.3 is 0 Å². The van der Waals surface area contributed by atoms with Gasteiger partial charge in [-0.05, 0) is 17.5 Å². The van der Waals surface area contributed by atoms with Gasteiger partial charge < -0.3 is 9.47 Å². The Hall–Kier alpha value is -1.54. The van der Waals surface area contributed by atoms with E-state index in [1.807, 2.05) is 30.3 Å². The number of hydrogen-bond donors (Lipinski definition) is 0. The minimum absolute atomic E-state index is 0.299. The van der Waals surface area contributed by atoms with Crippen LogP contribution in [0.1, 0.15) is 0 Å². The predicted molar refractivity (Wildman–Crippen MR) is 58.0 cm³/mol. The largest absolute Gasteiger partial charge is 0.490 e. The minimum Gasteiger partial charge on any atom is -0.490 e. The Morgan fingerprint density at radius 3 is 3.13 bits per heavy atom. The van der Waals surface area contributed by atoms with E-state index in [-0.39, 0.29) is 0 Å². The first-order chi connectivity index (χ1) is 7.43. The summed E-state index contributed by atoms with van der Waals surface area (Å²) >= 11 is 0. The molecular formula is C13H11O2. The lowest BCUT2D eigenvalue weighted by molar-refractivity contribution is 0.265. The molecule has 0 aromatic heterocycles. The van der Waals surface area contributed by atoms with Gasteiger partial charge in [0, 0.05) is 5.39 Å². The fourth-order valence-electron chi connectivity index (χ4n) is 1.60. The number of fused-ring (bicyclic) bond motifs is 1. The third-order valence-electron chi connectivity index (χ3n) is 2.49. The molecule has 1 atom stereocenters. The third-order valence-corrected chi connectivity index (χ3v) is 2.49. The van der Waals surface area contributed by atoms with E-state index < -0.39 is 0 Å². The van der Waals surface area contributed by atoms with Crippen LogP contribution in [0.15, 0.2) is 36.4 Å². The van der Waals surface area contributed by atoms with Gasteiger partial charge in [-0.3, -0.25) is 0 Å². The Kier molecular flexibility index (Phi) is 2.07. The molecule has 0 spiro atoms.